The molecule has 1 atom stereocenters. The molecule has 0 saturated carbocycles. The lowest BCUT2D eigenvalue weighted by Crippen LogP contribution is -2.14. The Morgan fingerprint density at radius 3 is 1.80 bits per heavy atom. The molecule has 0 amide bonds. The SMILES string of the molecule is Cc1cc(N)ncc1Cl.Cc1cc(NC(c2cccc(Cl)c2Cl)c2ccc3cccnc3c2O)ncc1Cl.O=Cc1cccc(Cl)c1Cl.Oc1cccc2cccnc12. The number of carbonyl (C=O) groups excluding carboxylic acids is 1. The molecule has 0 fully saturated rings. The number of halogens is 6. The van der Waals surface area contributed by atoms with Crippen LogP contribution < -0.4 is 11.1 Å². The summed E-state index contributed by atoms with van der Waals surface area (Å²) in [6.07, 6.45) is 7.12. The smallest absolute Gasteiger partial charge is 0.151 e. The number of phenolic OH excluding ortho intramolecular Hbond substituents is 2. The zero-order valence-corrected chi connectivity index (χ0v) is 35.8. The van der Waals surface area contributed by atoms with E-state index >= 15 is 0 Å². The van der Waals surface area contributed by atoms with Crippen LogP contribution in [0.15, 0.2) is 128 Å². The van der Waals surface area contributed by atoms with Crippen LogP contribution in [0.25, 0.3) is 21.8 Å². The molecular formula is C44H34Cl6N6O3. The fourth-order valence-corrected chi connectivity index (χ4v) is 6.45. The summed E-state index contributed by atoms with van der Waals surface area (Å²) < 4.78 is 0. The quantitative estimate of drug-likeness (QED) is 0.124. The molecule has 8 aromatic rings. The molecule has 4 heterocycles. The van der Waals surface area contributed by atoms with E-state index in [1.54, 1.807) is 67.3 Å². The van der Waals surface area contributed by atoms with Crippen molar-refractivity contribution in [2.45, 2.75) is 19.9 Å². The summed E-state index contributed by atoms with van der Waals surface area (Å²) >= 11 is 35.8. The maximum atomic E-state index is 11.0. The molecule has 300 valence electrons. The van der Waals surface area contributed by atoms with E-state index in [4.69, 9.17) is 75.3 Å². The molecule has 0 saturated heterocycles. The van der Waals surface area contributed by atoms with E-state index in [0.29, 0.717) is 75.8 Å². The first-order chi connectivity index (χ1) is 28.3. The molecule has 0 spiro atoms. The fourth-order valence-electron chi connectivity index (χ4n) is 5.47. The molecule has 4 aromatic carbocycles. The Labute approximate surface area is 370 Å². The minimum Gasteiger partial charge on any atom is -0.506 e. The van der Waals surface area contributed by atoms with Crippen LogP contribution in [0.4, 0.5) is 11.6 Å². The Bertz CT molecular complexity index is 2730. The number of nitrogen functional groups attached to an aromatic ring is 1. The van der Waals surface area contributed by atoms with Crippen LogP contribution in [-0.4, -0.2) is 36.4 Å². The predicted octanol–water partition coefficient (Wildman–Crippen LogP) is 13.2. The van der Waals surface area contributed by atoms with Gasteiger partial charge in [-0.2, -0.15) is 0 Å². The van der Waals surface area contributed by atoms with Crippen LogP contribution in [0, 0.1) is 13.8 Å². The van der Waals surface area contributed by atoms with Crippen molar-refractivity contribution in [3.63, 3.8) is 0 Å². The van der Waals surface area contributed by atoms with Gasteiger partial charge in [-0.3, -0.25) is 14.8 Å². The number of nitrogens with two attached hydrogens (primary N) is 1. The van der Waals surface area contributed by atoms with Gasteiger partial charge in [0.05, 0.1) is 36.2 Å². The van der Waals surface area contributed by atoms with E-state index in [0.717, 1.165) is 21.9 Å². The molecule has 9 nitrogen and oxygen atoms in total. The molecule has 0 radical (unpaired) electrons. The summed E-state index contributed by atoms with van der Waals surface area (Å²) in [7, 11) is 0. The van der Waals surface area contributed by atoms with Gasteiger partial charge in [0.1, 0.15) is 34.2 Å². The molecule has 0 aliphatic heterocycles. The number of rotatable bonds is 5. The Kier molecular flexibility index (Phi) is 15.9. The van der Waals surface area contributed by atoms with Crippen LogP contribution >= 0.6 is 69.6 Å². The molecule has 5 N–H and O–H groups in total. The Morgan fingerprint density at radius 2 is 1.19 bits per heavy atom. The molecule has 0 bridgehead atoms. The molecular weight excluding hydrogens is 873 g/mol. The van der Waals surface area contributed by atoms with Crippen LogP contribution in [-0.2, 0) is 0 Å². The van der Waals surface area contributed by atoms with Gasteiger partial charge in [-0.25, -0.2) is 9.97 Å². The maximum absolute atomic E-state index is 11.0. The largest absolute Gasteiger partial charge is 0.506 e. The number of para-hydroxylation sites is 1. The second-order valence-corrected chi connectivity index (χ2v) is 15.0. The standard InChI is InChI=1S/C22H16Cl3N3O.C9H7NO.C7H4Cl2O.C6H7ClN2/c1-12-10-18(27-11-17(12)24)28-21(14-5-2-6-16(23)19(14)25)15-8-7-13-4-3-9-26-20(13)22(15)29;11-8-5-1-3-7-4-2-6-10-9(7)8;8-6-3-1-2-5(4-10)7(6)9;1-4-2-6(8)9-3-5(4)7/h2-11,21,29H,1H3,(H,27,28);1-6,11H;1-4H;2-3H,1H3,(H2,8,9). The first kappa shape index (κ1) is 44.7. The lowest BCUT2D eigenvalue weighted by Gasteiger charge is -2.23. The topological polar surface area (TPSA) is 147 Å². The van der Waals surface area contributed by atoms with Gasteiger partial charge in [-0.15, -0.1) is 0 Å². The highest BCUT2D eigenvalue weighted by atomic mass is 35.5. The zero-order chi connectivity index (χ0) is 42.6. The summed E-state index contributed by atoms with van der Waals surface area (Å²) in [5.41, 5.74) is 10.1. The molecule has 4 aromatic heterocycles. The van der Waals surface area contributed by atoms with Gasteiger partial charge in [-0.05, 0) is 73.0 Å². The van der Waals surface area contributed by atoms with Crippen molar-refractivity contribution in [2.75, 3.05) is 11.1 Å². The lowest BCUT2D eigenvalue weighted by atomic mass is 9.96. The number of aldehydes is 1. The minimum absolute atomic E-state index is 0.0716. The number of benzene rings is 4. The number of fused-ring (bicyclic) bond motifs is 2. The summed E-state index contributed by atoms with van der Waals surface area (Å²) in [6, 6.07) is 30.0. The van der Waals surface area contributed by atoms with Gasteiger partial charge in [0.2, 0.25) is 0 Å². The Morgan fingerprint density at radius 1 is 0.610 bits per heavy atom. The summed E-state index contributed by atoms with van der Waals surface area (Å²) in [6.45, 7) is 3.79. The van der Waals surface area contributed by atoms with E-state index in [1.807, 2.05) is 74.5 Å². The van der Waals surface area contributed by atoms with Gasteiger partial charge in [0, 0.05) is 46.7 Å². The van der Waals surface area contributed by atoms with Crippen molar-refractivity contribution < 1.29 is 15.0 Å². The van der Waals surface area contributed by atoms with Gasteiger partial charge < -0.3 is 21.3 Å². The van der Waals surface area contributed by atoms with E-state index in [1.165, 1.54) is 0 Å². The molecule has 59 heavy (non-hydrogen) atoms. The van der Waals surface area contributed by atoms with E-state index < -0.39 is 6.04 Å². The third-order valence-electron chi connectivity index (χ3n) is 8.51. The van der Waals surface area contributed by atoms with Gasteiger partial charge >= 0.3 is 0 Å². The number of nitrogens with zero attached hydrogens (tertiary/aromatic N) is 4. The minimum atomic E-state index is -0.513. The van der Waals surface area contributed by atoms with Crippen molar-refractivity contribution in [1.82, 2.24) is 19.9 Å². The number of aryl methyl sites for hydroxylation is 2. The van der Waals surface area contributed by atoms with Crippen molar-refractivity contribution in [3.05, 3.63) is 186 Å². The third-order valence-corrected chi connectivity index (χ3v) is 11.0. The normalized spacial score (nSPS) is 10.9. The lowest BCUT2D eigenvalue weighted by molar-refractivity contribution is 0.112. The van der Waals surface area contributed by atoms with Crippen molar-refractivity contribution >= 4 is 109 Å². The van der Waals surface area contributed by atoms with Crippen LogP contribution in [0.3, 0.4) is 0 Å². The average Bonchev–Trinajstić information content (AvgIpc) is 3.23. The summed E-state index contributed by atoms with van der Waals surface area (Å²) in [5, 5.41) is 28.2. The fraction of sp³-hybridized carbons (Fsp3) is 0.0682. The number of hydrogen-bond acceptors (Lipinski definition) is 9. The molecule has 1 unspecified atom stereocenters. The second kappa shape index (κ2) is 21.0. The van der Waals surface area contributed by atoms with E-state index in [9.17, 15) is 15.0 Å². The predicted molar refractivity (Wildman–Crippen MR) is 243 cm³/mol. The highest BCUT2D eigenvalue weighted by Gasteiger charge is 2.23. The number of aromatic nitrogens is 4. The summed E-state index contributed by atoms with van der Waals surface area (Å²) in [5.74, 6) is 1.41. The third kappa shape index (κ3) is 11.6. The van der Waals surface area contributed by atoms with Crippen molar-refractivity contribution in [3.8, 4) is 11.5 Å². The highest BCUT2D eigenvalue weighted by Crippen LogP contribution is 2.40. The zero-order valence-electron chi connectivity index (χ0n) is 31.2. The number of aromatic hydroxyl groups is 2. The molecule has 0 aliphatic rings. The average molecular weight is 908 g/mol. The van der Waals surface area contributed by atoms with Gasteiger partial charge in [-0.1, -0.05) is 130 Å². The van der Waals surface area contributed by atoms with Gasteiger partial charge in [0.15, 0.2) is 6.29 Å². The first-order valence-corrected chi connectivity index (χ1v) is 19.7. The molecule has 8 rings (SSSR count). The number of anilines is 2. The Hall–Kier alpha value is -5.39. The van der Waals surface area contributed by atoms with E-state index in [-0.39, 0.29) is 11.5 Å². The number of carbonyl (C=O) groups is 1. The molecule has 15 heteroatoms. The van der Waals surface area contributed by atoms with Gasteiger partial charge in [0.25, 0.3) is 0 Å². The number of nitrogens with one attached hydrogen (secondary N) is 1. The van der Waals surface area contributed by atoms with E-state index in [2.05, 4.69) is 25.3 Å². The number of phenols is 2. The monoisotopic (exact) mass is 904 g/mol. The van der Waals surface area contributed by atoms with Crippen molar-refractivity contribution in [1.29, 1.82) is 0 Å². The molecule has 0 aliphatic carbocycles. The van der Waals surface area contributed by atoms with Crippen LogP contribution in [0.5, 0.6) is 11.5 Å². The van der Waals surface area contributed by atoms with Crippen molar-refractivity contribution in [2.24, 2.45) is 0 Å². The van der Waals surface area contributed by atoms with Crippen LogP contribution in [0.1, 0.15) is 38.7 Å². The maximum Gasteiger partial charge on any atom is 0.151 e. The summed E-state index contributed by atoms with van der Waals surface area (Å²) in [4.78, 5) is 26.7. The van der Waals surface area contributed by atoms with Crippen LogP contribution in [0.2, 0.25) is 30.1 Å². The highest BCUT2D eigenvalue weighted by molar-refractivity contribution is 6.43. The second-order valence-electron chi connectivity index (χ2n) is 12.6. The first-order valence-electron chi connectivity index (χ1n) is 17.5. The number of hydrogen-bond donors (Lipinski definition) is 4. The Balaban J connectivity index is 0.000000179. The number of pyridine rings is 4.